The number of hydrogen-bond donors (Lipinski definition) is 0. The molecule has 0 aromatic heterocycles. The highest BCUT2D eigenvalue weighted by atomic mass is 15.1. The van der Waals surface area contributed by atoms with E-state index in [1.54, 1.807) is 0 Å². The summed E-state index contributed by atoms with van der Waals surface area (Å²) in [7, 11) is 0. The molecular weight excluding hydrogens is 809 g/mol. The van der Waals surface area contributed by atoms with E-state index in [4.69, 9.17) is 0 Å². The van der Waals surface area contributed by atoms with Crippen LogP contribution in [0.3, 0.4) is 0 Å². The molecule has 2 heteroatoms. The fraction of sp³-hybridized carbons (Fsp3) is 0.0154. The molecule has 0 atom stereocenters. The SMILES string of the molecule is c1ccc(N(c2ccc3c(c2)C(c2ccccc2)(c2ccccc2)c2c-3c3ccccc3c3cc(N(c4ccccc4)c4ccc5ccccc5c4)ccc23)c2ccc3ccccc3c2)cc1. The molecule has 0 bridgehead atoms. The minimum absolute atomic E-state index is 0.670. The van der Waals surface area contributed by atoms with Gasteiger partial charge in [0, 0.05) is 34.1 Å². The Morgan fingerprint density at radius 2 is 0.672 bits per heavy atom. The molecule has 0 saturated heterocycles. The fourth-order valence-electron chi connectivity index (χ4n) is 11.1. The van der Waals surface area contributed by atoms with Crippen molar-refractivity contribution in [2.75, 3.05) is 9.80 Å². The summed E-state index contributed by atoms with van der Waals surface area (Å²) in [6.45, 7) is 0. The largest absolute Gasteiger partial charge is 0.310 e. The third-order valence-electron chi connectivity index (χ3n) is 14.0. The van der Waals surface area contributed by atoms with Crippen molar-refractivity contribution in [3.05, 3.63) is 289 Å². The summed E-state index contributed by atoms with van der Waals surface area (Å²) in [5.74, 6) is 0. The van der Waals surface area contributed by atoms with Crippen molar-refractivity contribution in [1.29, 1.82) is 0 Å². The first-order valence-corrected chi connectivity index (χ1v) is 23.2. The van der Waals surface area contributed by atoms with Crippen LogP contribution in [0.5, 0.6) is 0 Å². The molecule has 2 nitrogen and oxygen atoms in total. The molecule has 0 saturated carbocycles. The first-order chi connectivity index (χ1) is 33.2. The van der Waals surface area contributed by atoms with Gasteiger partial charge in [-0.15, -0.1) is 0 Å². The van der Waals surface area contributed by atoms with E-state index < -0.39 is 5.41 Å². The van der Waals surface area contributed by atoms with Crippen molar-refractivity contribution >= 4 is 77.2 Å². The lowest BCUT2D eigenvalue weighted by Gasteiger charge is -2.36. The monoisotopic (exact) mass is 852 g/mol. The third-order valence-corrected chi connectivity index (χ3v) is 14.0. The Bertz CT molecular complexity index is 3770. The van der Waals surface area contributed by atoms with E-state index in [-0.39, 0.29) is 0 Å². The molecule has 0 spiro atoms. The molecule has 0 heterocycles. The topological polar surface area (TPSA) is 6.48 Å². The number of benzene rings is 12. The highest BCUT2D eigenvalue weighted by molar-refractivity contribution is 6.20. The Kier molecular flexibility index (Phi) is 9.11. The lowest BCUT2D eigenvalue weighted by Crippen LogP contribution is -2.29. The average molecular weight is 853 g/mol. The van der Waals surface area contributed by atoms with Gasteiger partial charge in [0.2, 0.25) is 0 Å². The molecular formula is C65H44N2. The van der Waals surface area contributed by atoms with Gasteiger partial charge in [0.1, 0.15) is 0 Å². The third kappa shape index (κ3) is 6.18. The van der Waals surface area contributed by atoms with E-state index in [9.17, 15) is 0 Å². The fourth-order valence-corrected chi connectivity index (χ4v) is 11.1. The molecule has 12 aromatic carbocycles. The van der Waals surface area contributed by atoms with Crippen LogP contribution in [0.2, 0.25) is 0 Å². The van der Waals surface area contributed by atoms with E-state index in [2.05, 4.69) is 277 Å². The van der Waals surface area contributed by atoms with Gasteiger partial charge in [-0.25, -0.2) is 0 Å². The standard InChI is InChI=1S/C65H44N2/c1-5-23-49(24-6-1)65(50-25-7-2-8-26-50)62-44-56(67(52-29-11-4-12-30-52)54-36-34-46-20-14-16-22-48(46)42-54)38-40-60(62)63-58-32-18-17-31-57(58)61-43-55(37-39-59(61)64(63)65)66(51-27-9-3-10-28-51)53-35-33-45-19-13-15-21-47(45)41-53/h1-44H. The second-order valence-corrected chi connectivity index (χ2v) is 17.6. The Balaban J connectivity index is 1.11. The number of rotatable bonds is 8. The van der Waals surface area contributed by atoms with E-state index in [1.165, 1.54) is 76.5 Å². The van der Waals surface area contributed by atoms with Crippen LogP contribution < -0.4 is 9.80 Å². The molecule has 1 aliphatic carbocycles. The second-order valence-electron chi connectivity index (χ2n) is 17.6. The van der Waals surface area contributed by atoms with Gasteiger partial charge >= 0.3 is 0 Å². The summed E-state index contributed by atoms with van der Waals surface area (Å²) in [5, 5.41) is 9.82. The van der Waals surface area contributed by atoms with Crippen molar-refractivity contribution in [3.8, 4) is 11.1 Å². The van der Waals surface area contributed by atoms with Crippen molar-refractivity contribution in [2.24, 2.45) is 0 Å². The minimum atomic E-state index is -0.670. The van der Waals surface area contributed by atoms with Gasteiger partial charge in [-0.1, -0.05) is 194 Å². The summed E-state index contributed by atoms with van der Waals surface area (Å²) >= 11 is 0. The molecule has 13 rings (SSSR count). The summed E-state index contributed by atoms with van der Waals surface area (Å²) in [6, 6.07) is 98.4. The summed E-state index contributed by atoms with van der Waals surface area (Å²) < 4.78 is 0. The van der Waals surface area contributed by atoms with E-state index >= 15 is 0 Å². The maximum absolute atomic E-state index is 2.49. The van der Waals surface area contributed by atoms with Gasteiger partial charge in [-0.2, -0.15) is 0 Å². The molecule has 0 aliphatic heterocycles. The zero-order valence-electron chi connectivity index (χ0n) is 36.8. The van der Waals surface area contributed by atoms with Crippen LogP contribution in [-0.4, -0.2) is 0 Å². The Hall–Kier alpha value is -8.72. The van der Waals surface area contributed by atoms with Gasteiger partial charge in [0.25, 0.3) is 0 Å². The molecule has 0 amide bonds. The zero-order valence-corrected chi connectivity index (χ0v) is 36.8. The Labute approximate surface area is 390 Å². The van der Waals surface area contributed by atoms with Crippen LogP contribution in [0.1, 0.15) is 22.3 Å². The highest BCUT2D eigenvalue weighted by Gasteiger charge is 2.48. The Morgan fingerprint density at radius 1 is 0.254 bits per heavy atom. The molecule has 67 heavy (non-hydrogen) atoms. The predicted octanol–water partition coefficient (Wildman–Crippen LogP) is 17.6. The normalized spacial score (nSPS) is 12.6. The van der Waals surface area contributed by atoms with Gasteiger partial charge in [-0.05, 0) is 149 Å². The lowest BCUT2D eigenvalue weighted by molar-refractivity contribution is 0.776. The van der Waals surface area contributed by atoms with Crippen LogP contribution in [0.4, 0.5) is 34.1 Å². The van der Waals surface area contributed by atoms with E-state index in [1.807, 2.05) is 0 Å². The van der Waals surface area contributed by atoms with Crippen molar-refractivity contribution < 1.29 is 0 Å². The van der Waals surface area contributed by atoms with Gasteiger partial charge < -0.3 is 9.80 Å². The highest BCUT2D eigenvalue weighted by Crippen LogP contribution is 2.61. The quantitative estimate of drug-likeness (QED) is 0.141. The number of fused-ring (bicyclic) bond motifs is 10. The van der Waals surface area contributed by atoms with Gasteiger partial charge in [-0.3, -0.25) is 0 Å². The number of nitrogens with zero attached hydrogens (tertiary/aromatic N) is 2. The van der Waals surface area contributed by atoms with Crippen molar-refractivity contribution in [2.45, 2.75) is 5.41 Å². The summed E-state index contributed by atoms with van der Waals surface area (Å²) in [4.78, 5) is 4.82. The van der Waals surface area contributed by atoms with Crippen LogP contribution in [0.15, 0.2) is 267 Å². The zero-order chi connectivity index (χ0) is 44.3. The number of hydrogen-bond acceptors (Lipinski definition) is 2. The maximum atomic E-state index is 2.49. The second kappa shape index (κ2) is 15.8. The van der Waals surface area contributed by atoms with Gasteiger partial charge in [0.05, 0.1) is 5.41 Å². The molecule has 0 N–H and O–H groups in total. The van der Waals surface area contributed by atoms with Crippen molar-refractivity contribution in [3.63, 3.8) is 0 Å². The molecule has 0 radical (unpaired) electrons. The molecule has 1 aliphatic rings. The summed E-state index contributed by atoms with van der Waals surface area (Å²) in [5.41, 5.74) is 13.6. The summed E-state index contributed by atoms with van der Waals surface area (Å²) in [6.07, 6.45) is 0. The van der Waals surface area contributed by atoms with Gasteiger partial charge in [0.15, 0.2) is 0 Å². The minimum Gasteiger partial charge on any atom is -0.310 e. The van der Waals surface area contributed by atoms with Crippen LogP contribution in [0, 0.1) is 0 Å². The first-order valence-electron chi connectivity index (χ1n) is 23.2. The number of anilines is 6. The molecule has 0 unspecified atom stereocenters. The van der Waals surface area contributed by atoms with Crippen LogP contribution >= 0.6 is 0 Å². The first kappa shape index (κ1) is 38.7. The smallest absolute Gasteiger partial charge is 0.0720 e. The number of para-hydroxylation sites is 2. The maximum Gasteiger partial charge on any atom is 0.0720 e. The molecule has 12 aromatic rings. The van der Waals surface area contributed by atoms with Crippen LogP contribution in [0.25, 0.3) is 54.2 Å². The molecule has 0 fully saturated rings. The Morgan fingerprint density at radius 3 is 1.22 bits per heavy atom. The van der Waals surface area contributed by atoms with E-state index in [0.717, 1.165) is 34.1 Å². The lowest BCUT2D eigenvalue weighted by atomic mass is 9.66. The molecule has 314 valence electrons. The van der Waals surface area contributed by atoms with E-state index in [0.29, 0.717) is 0 Å². The average Bonchev–Trinajstić information content (AvgIpc) is 3.71. The predicted molar refractivity (Wildman–Crippen MR) is 283 cm³/mol. The van der Waals surface area contributed by atoms with Crippen molar-refractivity contribution in [1.82, 2.24) is 0 Å². The van der Waals surface area contributed by atoms with Crippen LogP contribution in [-0.2, 0) is 5.41 Å².